The van der Waals surface area contributed by atoms with Gasteiger partial charge in [-0.25, -0.2) is 16.8 Å². The summed E-state index contributed by atoms with van der Waals surface area (Å²) in [4.78, 5) is -1.48. The van der Waals surface area contributed by atoms with Crippen molar-refractivity contribution in [2.45, 2.75) is 9.79 Å². The molecule has 78 valence electrons. The van der Waals surface area contributed by atoms with Crippen molar-refractivity contribution in [1.29, 1.82) is 0 Å². The van der Waals surface area contributed by atoms with Crippen LogP contribution in [-0.2, 0) is 39.7 Å². The van der Waals surface area contributed by atoms with Gasteiger partial charge in [-0.2, -0.15) is 0 Å². The van der Waals surface area contributed by atoms with E-state index >= 15 is 0 Å². The SMILES string of the molecule is O=S(=O)([O-])c1cccc(S(=O)(=O)[O-])c1.[Zn+2]. The average molecular weight is 302 g/mol. The molecule has 0 fully saturated rings. The van der Waals surface area contributed by atoms with Crippen LogP contribution in [0.1, 0.15) is 0 Å². The Morgan fingerprint density at radius 2 is 1.20 bits per heavy atom. The van der Waals surface area contributed by atoms with Crippen molar-refractivity contribution >= 4 is 20.2 Å². The van der Waals surface area contributed by atoms with Crippen LogP contribution < -0.4 is 0 Å². The molecule has 0 heterocycles. The summed E-state index contributed by atoms with van der Waals surface area (Å²) in [6.07, 6.45) is 0. The summed E-state index contributed by atoms with van der Waals surface area (Å²) in [5, 5.41) is 0. The van der Waals surface area contributed by atoms with Gasteiger partial charge < -0.3 is 9.11 Å². The van der Waals surface area contributed by atoms with Crippen LogP contribution in [0.2, 0.25) is 0 Å². The molecule has 1 rings (SSSR count). The molecule has 1 aromatic carbocycles. The van der Waals surface area contributed by atoms with Crippen molar-refractivity contribution in [3.63, 3.8) is 0 Å². The Balaban J connectivity index is 0.00000196. The second kappa shape index (κ2) is 4.67. The van der Waals surface area contributed by atoms with E-state index < -0.39 is 30.0 Å². The minimum absolute atomic E-state index is 0. The predicted octanol–water partition coefficient (Wildman–Crippen LogP) is -0.508. The molecule has 0 N–H and O–H groups in total. The molecule has 0 bridgehead atoms. The van der Waals surface area contributed by atoms with E-state index in [0.29, 0.717) is 6.07 Å². The summed E-state index contributed by atoms with van der Waals surface area (Å²) < 4.78 is 62.8. The van der Waals surface area contributed by atoms with Crippen LogP contribution in [0.4, 0.5) is 0 Å². The molecule has 6 nitrogen and oxygen atoms in total. The topological polar surface area (TPSA) is 114 Å². The van der Waals surface area contributed by atoms with Gasteiger partial charge in [0.2, 0.25) is 0 Å². The summed E-state index contributed by atoms with van der Waals surface area (Å²) in [6, 6.07) is 3.37. The Labute approximate surface area is 99.6 Å². The summed E-state index contributed by atoms with van der Waals surface area (Å²) in [5.41, 5.74) is 0. The Bertz CT molecular complexity index is 499. The van der Waals surface area contributed by atoms with Crippen LogP contribution in [0.25, 0.3) is 0 Å². The van der Waals surface area contributed by atoms with E-state index in [4.69, 9.17) is 0 Å². The smallest absolute Gasteiger partial charge is 0.744 e. The van der Waals surface area contributed by atoms with Crippen LogP contribution in [0.15, 0.2) is 34.1 Å². The van der Waals surface area contributed by atoms with Crippen molar-refractivity contribution in [3.05, 3.63) is 24.3 Å². The van der Waals surface area contributed by atoms with Gasteiger partial charge in [-0.15, -0.1) is 0 Å². The van der Waals surface area contributed by atoms with Crippen molar-refractivity contribution in [2.24, 2.45) is 0 Å². The zero-order chi connectivity index (χ0) is 11.0. The first-order valence-electron chi connectivity index (χ1n) is 3.23. The van der Waals surface area contributed by atoms with Crippen molar-refractivity contribution in [1.82, 2.24) is 0 Å². The van der Waals surface area contributed by atoms with Gasteiger partial charge in [0.1, 0.15) is 20.2 Å². The molecule has 0 radical (unpaired) electrons. The molecule has 0 saturated carbocycles. The normalized spacial score (nSPS) is 11.9. The monoisotopic (exact) mass is 300 g/mol. The molecule has 0 aliphatic heterocycles. The van der Waals surface area contributed by atoms with Crippen LogP contribution in [0.5, 0.6) is 0 Å². The van der Waals surface area contributed by atoms with Crippen molar-refractivity contribution < 1.29 is 45.4 Å². The van der Waals surface area contributed by atoms with E-state index in [9.17, 15) is 25.9 Å². The molecule has 0 aromatic heterocycles. The largest absolute Gasteiger partial charge is 2.00 e. The van der Waals surface area contributed by atoms with E-state index in [1.807, 2.05) is 0 Å². The second-order valence-corrected chi connectivity index (χ2v) is 5.14. The predicted molar refractivity (Wildman–Crippen MR) is 42.4 cm³/mol. The van der Waals surface area contributed by atoms with Crippen molar-refractivity contribution in [3.8, 4) is 0 Å². The molecule has 1 aromatic rings. The molecule has 0 aliphatic carbocycles. The fraction of sp³-hybridized carbons (Fsp3) is 0. The number of hydrogen-bond donors (Lipinski definition) is 0. The van der Waals surface area contributed by atoms with Gasteiger partial charge in [-0.1, -0.05) is 6.07 Å². The van der Waals surface area contributed by atoms with Gasteiger partial charge in [-0.3, -0.25) is 0 Å². The maximum Gasteiger partial charge on any atom is 2.00 e. The van der Waals surface area contributed by atoms with Crippen LogP contribution >= 0.6 is 0 Å². The van der Waals surface area contributed by atoms with Crippen LogP contribution in [-0.4, -0.2) is 25.9 Å². The van der Waals surface area contributed by atoms with Gasteiger partial charge in [0, 0.05) is 0 Å². The van der Waals surface area contributed by atoms with E-state index in [1.165, 1.54) is 0 Å². The van der Waals surface area contributed by atoms with Crippen LogP contribution in [0.3, 0.4) is 0 Å². The summed E-state index contributed by atoms with van der Waals surface area (Å²) in [7, 11) is -9.48. The summed E-state index contributed by atoms with van der Waals surface area (Å²) >= 11 is 0. The minimum Gasteiger partial charge on any atom is -0.744 e. The zero-order valence-electron chi connectivity index (χ0n) is 7.28. The molecule has 9 heteroatoms. The number of benzene rings is 1. The third-order valence-corrected chi connectivity index (χ3v) is 3.05. The fourth-order valence-electron chi connectivity index (χ4n) is 0.785. The summed E-state index contributed by atoms with van der Waals surface area (Å²) in [5.74, 6) is 0. The molecule has 15 heavy (non-hydrogen) atoms. The molecule has 0 atom stereocenters. The summed E-state index contributed by atoms with van der Waals surface area (Å²) in [6.45, 7) is 0. The van der Waals surface area contributed by atoms with E-state index in [-0.39, 0.29) is 19.5 Å². The first-order valence-corrected chi connectivity index (χ1v) is 6.05. The number of hydrogen-bond acceptors (Lipinski definition) is 6. The maximum absolute atomic E-state index is 10.5. The van der Waals surface area contributed by atoms with Crippen molar-refractivity contribution in [2.75, 3.05) is 0 Å². The van der Waals surface area contributed by atoms with Gasteiger partial charge in [0.15, 0.2) is 0 Å². The van der Waals surface area contributed by atoms with Crippen LogP contribution in [0, 0.1) is 0 Å². The third-order valence-electron chi connectivity index (χ3n) is 1.38. The Kier molecular flexibility index (Phi) is 4.56. The standard InChI is InChI=1S/C6H6O6S2.Zn/c7-13(8,9)5-2-1-3-6(4-5)14(10,11)12;/h1-4H,(H,7,8,9)(H,10,11,12);/q;+2/p-2. The van der Waals surface area contributed by atoms with Gasteiger partial charge in [0.05, 0.1) is 9.79 Å². The molecule has 0 spiro atoms. The average Bonchev–Trinajstić information content (AvgIpc) is 2.01. The van der Waals surface area contributed by atoms with Gasteiger partial charge in [0.25, 0.3) is 0 Å². The molecule has 0 saturated heterocycles. The minimum atomic E-state index is -4.74. The van der Waals surface area contributed by atoms with Gasteiger partial charge in [-0.05, 0) is 18.2 Å². The van der Waals surface area contributed by atoms with E-state index in [2.05, 4.69) is 0 Å². The molecule has 0 amide bonds. The van der Waals surface area contributed by atoms with E-state index in [1.54, 1.807) is 0 Å². The van der Waals surface area contributed by atoms with Gasteiger partial charge >= 0.3 is 19.5 Å². The zero-order valence-corrected chi connectivity index (χ0v) is 11.9. The maximum atomic E-state index is 10.5. The number of rotatable bonds is 2. The molecule has 0 aliphatic rings. The third kappa shape index (κ3) is 3.96. The van der Waals surface area contributed by atoms with E-state index in [0.717, 1.165) is 18.2 Å². The first kappa shape index (κ1) is 14.7. The molecule has 0 unspecified atom stereocenters. The fourth-order valence-corrected chi connectivity index (χ4v) is 1.89. The first-order chi connectivity index (χ1) is 6.21. The molecular formula is C6H4O6S2Zn. The molecular weight excluding hydrogens is 298 g/mol. The Morgan fingerprint density at radius 3 is 1.47 bits per heavy atom. The quantitative estimate of drug-likeness (QED) is 0.537. The second-order valence-electron chi connectivity index (χ2n) is 2.38. The Morgan fingerprint density at radius 1 is 0.867 bits per heavy atom. The Hall–Kier alpha value is -0.337.